The molecule has 0 amide bonds. The Kier molecular flexibility index (Phi) is 3.88. The molecule has 2 rings (SSSR count). The normalized spacial score (nSPS) is 23.2. The number of benzene rings is 1. The summed E-state index contributed by atoms with van der Waals surface area (Å²) in [4.78, 5) is 4.31. The minimum absolute atomic E-state index is 0.245. The van der Waals surface area contributed by atoms with Gasteiger partial charge in [0, 0.05) is 31.2 Å². The number of halogens is 1. The third-order valence-corrected chi connectivity index (χ3v) is 3.74. The summed E-state index contributed by atoms with van der Waals surface area (Å²) in [6.07, 6.45) is -0.648. The predicted molar refractivity (Wildman–Crippen MR) is 71.3 cm³/mol. The SMILES string of the molecule is CC(O)c1cccc(F)c1N1CCN(C)C(C)C1. The average molecular weight is 252 g/mol. The number of nitrogens with zero attached hydrogens (tertiary/aromatic N) is 2. The Morgan fingerprint density at radius 1 is 1.39 bits per heavy atom. The molecule has 0 aliphatic carbocycles. The fourth-order valence-corrected chi connectivity index (χ4v) is 2.45. The van der Waals surface area contributed by atoms with Gasteiger partial charge in [0.15, 0.2) is 0 Å². The molecule has 2 unspecified atom stereocenters. The highest BCUT2D eigenvalue weighted by Crippen LogP contribution is 2.30. The van der Waals surface area contributed by atoms with E-state index in [4.69, 9.17) is 0 Å². The van der Waals surface area contributed by atoms with Crippen LogP contribution in [0.15, 0.2) is 18.2 Å². The van der Waals surface area contributed by atoms with Crippen LogP contribution in [0.2, 0.25) is 0 Å². The van der Waals surface area contributed by atoms with Crippen molar-refractivity contribution >= 4 is 5.69 Å². The lowest BCUT2D eigenvalue weighted by atomic mass is 10.0. The number of anilines is 1. The largest absolute Gasteiger partial charge is 0.389 e. The van der Waals surface area contributed by atoms with E-state index in [1.165, 1.54) is 6.07 Å². The van der Waals surface area contributed by atoms with Gasteiger partial charge in [-0.3, -0.25) is 0 Å². The highest BCUT2D eigenvalue weighted by atomic mass is 19.1. The molecule has 1 N–H and O–H groups in total. The molecule has 1 aromatic rings. The Morgan fingerprint density at radius 2 is 2.11 bits per heavy atom. The van der Waals surface area contributed by atoms with Gasteiger partial charge in [-0.1, -0.05) is 12.1 Å². The minimum atomic E-state index is -0.648. The third-order valence-electron chi connectivity index (χ3n) is 3.74. The standard InChI is InChI=1S/C14H21FN2O/c1-10-9-17(8-7-16(10)3)14-12(11(2)18)5-4-6-13(14)15/h4-6,10-11,18H,7-9H2,1-3H3. The van der Waals surface area contributed by atoms with Crippen LogP contribution in [0.4, 0.5) is 10.1 Å². The van der Waals surface area contributed by atoms with Gasteiger partial charge in [0.1, 0.15) is 5.82 Å². The van der Waals surface area contributed by atoms with Crippen molar-refractivity contribution < 1.29 is 9.50 Å². The number of aliphatic hydroxyl groups is 1. The van der Waals surface area contributed by atoms with Gasteiger partial charge >= 0.3 is 0 Å². The summed E-state index contributed by atoms with van der Waals surface area (Å²) in [6.45, 7) is 6.31. The van der Waals surface area contributed by atoms with Gasteiger partial charge in [-0.2, -0.15) is 0 Å². The van der Waals surface area contributed by atoms with E-state index < -0.39 is 6.10 Å². The molecular formula is C14H21FN2O. The van der Waals surface area contributed by atoms with Gasteiger partial charge in [-0.05, 0) is 27.0 Å². The maximum atomic E-state index is 14.1. The predicted octanol–water partition coefficient (Wildman–Crippen LogP) is 2.02. The lowest BCUT2D eigenvalue weighted by Crippen LogP contribution is -2.50. The quantitative estimate of drug-likeness (QED) is 0.872. The summed E-state index contributed by atoms with van der Waals surface area (Å²) in [5, 5.41) is 9.77. The first-order valence-corrected chi connectivity index (χ1v) is 6.42. The molecule has 0 bridgehead atoms. The second-order valence-electron chi connectivity index (χ2n) is 5.13. The Bertz CT molecular complexity index is 422. The average Bonchev–Trinajstić information content (AvgIpc) is 2.32. The maximum absolute atomic E-state index is 14.1. The van der Waals surface area contributed by atoms with Gasteiger partial charge in [-0.25, -0.2) is 4.39 Å². The van der Waals surface area contributed by atoms with E-state index in [0.29, 0.717) is 17.3 Å². The molecule has 0 aromatic heterocycles. The van der Waals surface area contributed by atoms with Crippen LogP contribution in [0.1, 0.15) is 25.5 Å². The topological polar surface area (TPSA) is 26.7 Å². The summed E-state index contributed by atoms with van der Waals surface area (Å²) >= 11 is 0. The number of likely N-dealkylation sites (N-methyl/N-ethyl adjacent to an activating group) is 1. The summed E-state index contributed by atoms with van der Waals surface area (Å²) in [7, 11) is 2.08. The Labute approximate surface area is 108 Å². The van der Waals surface area contributed by atoms with Crippen molar-refractivity contribution in [1.82, 2.24) is 4.90 Å². The van der Waals surface area contributed by atoms with Crippen molar-refractivity contribution in [3.63, 3.8) is 0 Å². The number of rotatable bonds is 2. The van der Waals surface area contributed by atoms with E-state index in [1.807, 2.05) is 4.90 Å². The number of hydrogen-bond acceptors (Lipinski definition) is 3. The monoisotopic (exact) mass is 252 g/mol. The molecule has 3 nitrogen and oxygen atoms in total. The van der Waals surface area contributed by atoms with Crippen molar-refractivity contribution in [2.45, 2.75) is 26.0 Å². The van der Waals surface area contributed by atoms with Crippen LogP contribution in [0, 0.1) is 5.82 Å². The van der Waals surface area contributed by atoms with Gasteiger partial charge in [0.25, 0.3) is 0 Å². The first kappa shape index (κ1) is 13.3. The lowest BCUT2D eigenvalue weighted by Gasteiger charge is -2.40. The molecule has 18 heavy (non-hydrogen) atoms. The van der Waals surface area contributed by atoms with Crippen molar-refractivity contribution in [2.24, 2.45) is 0 Å². The van der Waals surface area contributed by atoms with Gasteiger partial charge in [0.05, 0.1) is 11.8 Å². The molecule has 1 aliphatic rings. The van der Waals surface area contributed by atoms with Gasteiger partial charge < -0.3 is 14.9 Å². The summed E-state index contributed by atoms with van der Waals surface area (Å²) in [6, 6.07) is 5.30. The second kappa shape index (κ2) is 5.24. The van der Waals surface area contributed by atoms with Crippen LogP contribution in [0.25, 0.3) is 0 Å². The molecule has 0 spiro atoms. The molecule has 0 saturated carbocycles. The lowest BCUT2D eigenvalue weighted by molar-refractivity contribution is 0.197. The van der Waals surface area contributed by atoms with E-state index in [0.717, 1.165) is 19.6 Å². The van der Waals surface area contributed by atoms with Crippen LogP contribution in [0.3, 0.4) is 0 Å². The van der Waals surface area contributed by atoms with Crippen molar-refractivity contribution in [3.8, 4) is 0 Å². The zero-order chi connectivity index (χ0) is 13.3. The summed E-state index contributed by atoms with van der Waals surface area (Å²) in [5.41, 5.74) is 1.24. The zero-order valence-corrected chi connectivity index (χ0v) is 11.2. The molecule has 1 saturated heterocycles. The fourth-order valence-electron chi connectivity index (χ4n) is 2.45. The Hall–Kier alpha value is -1.13. The van der Waals surface area contributed by atoms with E-state index in [-0.39, 0.29) is 5.82 Å². The maximum Gasteiger partial charge on any atom is 0.146 e. The minimum Gasteiger partial charge on any atom is -0.389 e. The van der Waals surface area contributed by atoms with Crippen LogP contribution in [0.5, 0.6) is 0 Å². The summed E-state index contributed by atoms with van der Waals surface area (Å²) in [5.74, 6) is -0.245. The highest BCUT2D eigenvalue weighted by molar-refractivity contribution is 5.56. The molecule has 100 valence electrons. The molecule has 1 heterocycles. The van der Waals surface area contributed by atoms with E-state index >= 15 is 0 Å². The molecule has 1 aliphatic heterocycles. The first-order chi connectivity index (χ1) is 8.50. The molecule has 1 fully saturated rings. The number of aliphatic hydroxyl groups excluding tert-OH is 1. The van der Waals surface area contributed by atoms with Crippen LogP contribution in [-0.2, 0) is 0 Å². The first-order valence-electron chi connectivity index (χ1n) is 6.42. The molecule has 4 heteroatoms. The van der Waals surface area contributed by atoms with E-state index in [1.54, 1.807) is 19.1 Å². The molecular weight excluding hydrogens is 231 g/mol. The van der Waals surface area contributed by atoms with E-state index in [2.05, 4.69) is 18.9 Å². The van der Waals surface area contributed by atoms with Crippen molar-refractivity contribution in [2.75, 3.05) is 31.6 Å². The smallest absolute Gasteiger partial charge is 0.146 e. The Morgan fingerprint density at radius 3 is 2.72 bits per heavy atom. The van der Waals surface area contributed by atoms with E-state index in [9.17, 15) is 9.50 Å². The van der Waals surface area contributed by atoms with Crippen LogP contribution < -0.4 is 4.90 Å². The van der Waals surface area contributed by atoms with Crippen LogP contribution >= 0.6 is 0 Å². The Balaban J connectivity index is 2.33. The summed E-state index contributed by atoms with van der Waals surface area (Å²) < 4.78 is 14.1. The van der Waals surface area contributed by atoms with Gasteiger partial charge in [-0.15, -0.1) is 0 Å². The number of hydrogen-bond donors (Lipinski definition) is 1. The zero-order valence-electron chi connectivity index (χ0n) is 11.2. The fraction of sp³-hybridized carbons (Fsp3) is 0.571. The molecule has 1 aromatic carbocycles. The molecule has 0 radical (unpaired) electrons. The van der Waals surface area contributed by atoms with Crippen molar-refractivity contribution in [1.29, 1.82) is 0 Å². The number of piperazine rings is 1. The third kappa shape index (κ3) is 2.49. The van der Waals surface area contributed by atoms with Gasteiger partial charge in [0.2, 0.25) is 0 Å². The van der Waals surface area contributed by atoms with Crippen molar-refractivity contribution in [3.05, 3.63) is 29.6 Å². The highest BCUT2D eigenvalue weighted by Gasteiger charge is 2.25. The van der Waals surface area contributed by atoms with Crippen LogP contribution in [-0.4, -0.2) is 42.7 Å². The number of para-hydroxylation sites is 1. The second-order valence-corrected chi connectivity index (χ2v) is 5.13. The molecule has 2 atom stereocenters.